The van der Waals surface area contributed by atoms with Crippen molar-refractivity contribution in [2.45, 2.75) is 130 Å². The molecule has 35 heavy (non-hydrogen) atoms. The number of hydrogen-bond donors (Lipinski definition) is 2. The molecule has 6 heteroatoms. The molecule has 1 aromatic carbocycles. The van der Waals surface area contributed by atoms with E-state index >= 15 is 0 Å². The van der Waals surface area contributed by atoms with Crippen LogP contribution in [0.2, 0.25) is 0 Å². The number of aromatic hydroxyl groups is 1. The Morgan fingerprint density at radius 3 is 1.49 bits per heavy atom. The Morgan fingerprint density at radius 2 is 1.03 bits per heavy atom. The molecular formula is C29H50O6. The average molecular weight is 495 g/mol. The first kappa shape index (κ1) is 30.9. The van der Waals surface area contributed by atoms with Gasteiger partial charge < -0.3 is 24.4 Å². The van der Waals surface area contributed by atoms with Crippen molar-refractivity contribution in [3.63, 3.8) is 0 Å². The third kappa shape index (κ3) is 11.4. The van der Waals surface area contributed by atoms with Crippen molar-refractivity contribution in [1.82, 2.24) is 0 Å². The van der Waals surface area contributed by atoms with Gasteiger partial charge in [0, 0.05) is 11.1 Å². The molecule has 0 fully saturated rings. The Labute approximate surface area is 213 Å². The number of unbranched alkanes of at least 4 members (excludes halogenated alkanes) is 12. The van der Waals surface area contributed by atoms with Crippen molar-refractivity contribution in [2.75, 3.05) is 13.2 Å². The maximum atomic E-state index is 11.4. The van der Waals surface area contributed by atoms with Crippen LogP contribution in [0.25, 0.3) is 0 Å². The van der Waals surface area contributed by atoms with Crippen molar-refractivity contribution < 1.29 is 29.2 Å². The minimum Gasteiger partial charge on any atom is -0.504 e. The van der Waals surface area contributed by atoms with Crippen LogP contribution in [0.3, 0.4) is 0 Å². The van der Waals surface area contributed by atoms with E-state index in [1.807, 2.05) is 13.8 Å². The summed E-state index contributed by atoms with van der Waals surface area (Å²) in [5.74, 6) is 0.440. The molecule has 2 N–H and O–H groups in total. The third-order valence-corrected chi connectivity index (χ3v) is 6.38. The van der Waals surface area contributed by atoms with E-state index in [9.17, 15) is 15.0 Å². The van der Waals surface area contributed by atoms with Gasteiger partial charge in [-0.05, 0) is 39.5 Å². The lowest BCUT2D eigenvalue weighted by atomic mass is 9.93. The molecule has 0 saturated heterocycles. The van der Waals surface area contributed by atoms with Crippen LogP contribution < -0.4 is 14.2 Å². The molecule has 202 valence electrons. The standard InChI is InChI=1S/C29H50O6/c1-5-9-11-13-15-17-19-21-23-24(22-20-18-16-14-12-10-6-2)26(33-7-3)28(34-8-4)27(25(23)30)35-29(31)32/h30H,5-22H2,1-4H3,(H,31,32). The highest BCUT2D eigenvalue weighted by Crippen LogP contribution is 2.50. The molecule has 0 aliphatic rings. The fourth-order valence-electron chi connectivity index (χ4n) is 4.57. The van der Waals surface area contributed by atoms with Crippen LogP contribution in [-0.4, -0.2) is 29.6 Å². The van der Waals surface area contributed by atoms with E-state index in [1.54, 1.807) is 0 Å². The summed E-state index contributed by atoms with van der Waals surface area (Å²) in [6.07, 6.45) is 16.5. The zero-order chi connectivity index (χ0) is 25.9. The van der Waals surface area contributed by atoms with Gasteiger partial charge in [0.25, 0.3) is 0 Å². The Balaban J connectivity index is 3.16. The van der Waals surface area contributed by atoms with E-state index in [1.165, 1.54) is 64.2 Å². The fourth-order valence-corrected chi connectivity index (χ4v) is 4.57. The van der Waals surface area contributed by atoms with E-state index < -0.39 is 6.16 Å². The van der Waals surface area contributed by atoms with Gasteiger partial charge in [-0.2, -0.15) is 0 Å². The highest BCUT2D eigenvalue weighted by atomic mass is 16.7. The van der Waals surface area contributed by atoms with E-state index in [-0.39, 0.29) is 17.2 Å². The molecule has 0 radical (unpaired) electrons. The molecule has 0 unspecified atom stereocenters. The van der Waals surface area contributed by atoms with Crippen LogP contribution in [0, 0.1) is 0 Å². The molecule has 0 aliphatic carbocycles. The molecule has 0 bridgehead atoms. The zero-order valence-electron chi connectivity index (χ0n) is 22.8. The number of benzene rings is 1. The van der Waals surface area contributed by atoms with Crippen molar-refractivity contribution in [1.29, 1.82) is 0 Å². The van der Waals surface area contributed by atoms with Crippen LogP contribution in [0.1, 0.15) is 129 Å². The summed E-state index contributed by atoms with van der Waals surface area (Å²) >= 11 is 0. The summed E-state index contributed by atoms with van der Waals surface area (Å²) in [5.41, 5.74) is 1.68. The Hall–Kier alpha value is -2.11. The maximum absolute atomic E-state index is 11.4. The first-order chi connectivity index (χ1) is 17.0. The van der Waals surface area contributed by atoms with Crippen LogP contribution in [0.15, 0.2) is 0 Å². The Kier molecular flexibility index (Phi) is 16.9. The number of carboxylic acid groups (broad SMARTS) is 1. The van der Waals surface area contributed by atoms with Gasteiger partial charge in [-0.15, -0.1) is 0 Å². The first-order valence-corrected chi connectivity index (χ1v) is 14.1. The molecule has 6 nitrogen and oxygen atoms in total. The summed E-state index contributed by atoms with van der Waals surface area (Å²) in [6, 6.07) is 0. The van der Waals surface area contributed by atoms with Gasteiger partial charge in [-0.3, -0.25) is 0 Å². The van der Waals surface area contributed by atoms with Crippen LogP contribution in [0.4, 0.5) is 4.79 Å². The third-order valence-electron chi connectivity index (χ3n) is 6.38. The van der Waals surface area contributed by atoms with Crippen molar-refractivity contribution in [2.24, 2.45) is 0 Å². The molecule has 0 amide bonds. The molecule has 1 rings (SSSR count). The van der Waals surface area contributed by atoms with E-state index in [0.717, 1.165) is 43.2 Å². The number of phenolic OH excluding ortho intramolecular Hbond substituents is 1. The van der Waals surface area contributed by atoms with Crippen LogP contribution >= 0.6 is 0 Å². The van der Waals surface area contributed by atoms with Gasteiger partial charge >= 0.3 is 6.16 Å². The number of rotatable bonds is 21. The minimum atomic E-state index is -1.48. The molecule has 0 atom stereocenters. The van der Waals surface area contributed by atoms with E-state index in [0.29, 0.717) is 25.4 Å². The van der Waals surface area contributed by atoms with Crippen LogP contribution in [0.5, 0.6) is 23.0 Å². The molecular weight excluding hydrogens is 444 g/mol. The fraction of sp³-hybridized carbons (Fsp3) is 0.759. The lowest BCUT2D eigenvalue weighted by Gasteiger charge is -2.23. The SMILES string of the molecule is CCCCCCCCCc1c(O)c(OC(=O)O)c(OCC)c(OCC)c1CCCCCCCCC. The molecule has 0 aromatic heterocycles. The molecule has 0 spiro atoms. The zero-order valence-corrected chi connectivity index (χ0v) is 22.8. The van der Waals surface area contributed by atoms with E-state index in [2.05, 4.69) is 13.8 Å². The molecule has 0 heterocycles. The quantitative estimate of drug-likeness (QED) is 0.101. The summed E-state index contributed by atoms with van der Waals surface area (Å²) in [5, 5.41) is 20.5. The van der Waals surface area contributed by atoms with Gasteiger partial charge in [0.15, 0.2) is 11.5 Å². The van der Waals surface area contributed by atoms with Gasteiger partial charge in [0.2, 0.25) is 11.5 Å². The predicted octanol–water partition coefficient (Wildman–Crippen LogP) is 8.83. The van der Waals surface area contributed by atoms with Crippen molar-refractivity contribution in [3.8, 4) is 23.0 Å². The number of ether oxygens (including phenoxy) is 3. The normalized spacial score (nSPS) is 11.0. The van der Waals surface area contributed by atoms with Gasteiger partial charge in [0.05, 0.1) is 13.2 Å². The Bertz CT molecular complexity index is 716. The number of carbonyl (C=O) groups is 1. The lowest BCUT2D eigenvalue weighted by Crippen LogP contribution is -2.11. The van der Waals surface area contributed by atoms with Crippen molar-refractivity contribution >= 4 is 6.16 Å². The van der Waals surface area contributed by atoms with Crippen LogP contribution in [-0.2, 0) is 12.8 Å². The number of phenols is 1. The second-order valence-electron chi connectivity index (χ2n) is 9.27. The summed E-state index contributed by atoms with van der Waals surface area (Å²) in [6.45, 7) is 8.88. The lowest BCUT2D eigenvalue weighted by molar-refractivity contribution is 0.139. The van der Waals surface area contributed by atoms with Gasteiger partial charge in [-0.1, -0.05) is 90.9 Å². The van der Waals surface area contributed by atoms with Gasteiger partial charge in [-0.25, -0.2) is 4.79 Å². The first-order valence-electron chi connectivity index (χ1n) is 14.1. The van der Waals surface area contributed by atoms with Gasteiger partial charge in [0.1, 0.15) is 0 Å². The smallest absolute Gasteiger partial charge is 0.504 e. The predicted molar refractivity (Wildman–Crippen MR) is 142 cm³/mol. The van der Waals surface area contributed by atoms with Crippen molar-refractivity contribution in [3.05, 3.63) is 11.1 Å². The molecule has 0 aliphatic heterocycles. The largest absolute Gasteiger partial charge is 0.511 e. The minimum absolute atomic E-state index is 0.122. The van der Waals surface area contributed by atoms with E-state index in [4.69, 9.17) is 14.2 Å². The molecule has 0 saturated carbocycles. The second-order valence-corrected chi connectivity index (χ2v) is 9.27. The highest BCUT2D eigenvalue weighted by molar-refractivity contribution is 5.72. The summed E-state index contributed by atoms with van der Waals surface area (Å²) in [4.78, 5) is 11.4. The average Bonchev–Trinajstić information content (AvgIpc) is 2.83. The monoisotopic (exact) mass is 494 g/mol. The summed E-state index contributed by atoms with van der Waals surface area (Å²) in [7, 11) is 0. The topological polar surface area (TPSA) is 85.2 Å². The highest BCUT2D eigenvalue weighted by Gasteiger charge is 2.28. The molecule has 1 aromatic rings. The summed E-state index contributed by atoms with van der Waals surface area (Å²) < 4.78 is 16.8. The maximum Gasteiger partial charge on any atom is 0.511 e. The second kappa shape index (κ2) is 19.1. The number of hydrogen-bond acceptors (Lipinski definition) is 5. The Morgan fingerprint density at radius 1 is 0.600 bits per heavy atom.